The normalized spacial score (nSPS) is 15.6. The zero-order valence-electron chi connectivity index (χ0n) is 12.2. The predicted octanol–water partition coefficient (Wildman–Crippen LogP) is 2.75. The number of nitrogens with zero attached hydrogens (tertiary/aromatic N) is 1. The van der Waals surface area contributed by atoms with Crippen molar-refractivity contribution in [1.82, 2.24) is 4.90 Å². The van der Waals surface area contributed by atoms with E-state index in [0.717, 1.165) is 18.9 Å². The lowest BCUT2D eigenvalue weighted by atomic mass is 10.2. The number of hydrogen-bond donors (Lipinski definition) is 2. The lowest BCUT2D eigenvalue weighted by molar-refractivity contribution is -0.143. The highest BCUT2D eigenvalue weighted by Crippen LogP contribution is 2.29. The van der Waals surface area contributed by atoms with E-state index in [1.165, 1.54) is 12.1 Å². The molecule has 0 aliphatic heterocycles. The molecule has 0 saturated heterocycles. The minimum Gasteiger partial charge on any atom is -0.480 e. The molecule has 1 saturated carbocycles. The number of nitrogens with one attached hydrogen (secondary N) is 1. The van der Waals surface area contributed by atoms with E-state index in [1.54, 1.807) is 11.8 Å². The van der Waals surface area contributed by atoms with Crippen LogP contribution in [-0.4, -0.2) is 40.5 Å². The van der Waals surface area contributed by atoms with Gasteiger partial charge in [0.1, 0.15) is 11.9 Å². The number of carbonyl (C=O) groups is 2. The van der Waals surface area contributed by atoms with E-state index in [4.69, 9.17) is 16.7 Å². The molecule has 0 bridgehead atoms. The Morgan fingerprint density at radius 1 is 1.50 bits per heavy atom. The molecular weight excluding hydrogens is 311 g/mol. The summed E-state index contributed by atoms with van der Waals surface area (Å²) in [6.07, 6.45) is 2.01. The second-order valence-corrected chi connectivity index (χ2v) is 5.84. The van der Waals surface area contributed by atoms with Crippen molar-refractivity contribution >= 4 is 29.2 Å². The van der Waals surface area contributed by atoms with Gasteiger partial charge in [-0.25, -0.2) is 4.39 Å². The Hall–Kier alpha value is -1.66. The highest BCUT2D eigenvalue weighted by atomic mass is 35.5. The molecule has 2 rings (SSSR count). The third-order valence-corrected chi connectivity index (χ3v) is 3.91. The zero-order chi connectivity index (χ0) is 16.3. The summed E-state index contributed by atoms with van der Waals surface area (Å²) in [4.78, 5) is 24.8. The molecule has 2 N–H and O–H groups in total. The Labute approximate surface area is 133 Å². The van der Waals surface area contributed by atoms with Crippen LogP contribution >= 0.6 is 11.6 Å². The fourth-order valence-corrected chi connectivity index (χ4v) is 2.43. The number of carboxylic acid groups (broad SMARTS) is 1. The van der Waals surface area contributed by atoms with Gasteiger partial charge in [0.2, 0.25) is 5.91 Å². The first-order valence-corrected chi connectivity index (χ1v) is 7.49. The van der Waals surface area contributed by atoms with Crippen LogP contribution in [0, 0.1) is 5.82 Å². The van der Waals surface area contributed by atoms with Crippen LogP contribution in [-0.2, 0) is 9.59 Å². The molecule has 1 aromatic carbocycles. The van der Waals surface area contributed by atoms with Crippen LogP contribution in [0.5, 0.6) is 0 Å². The van der Waals surface area contributed by atoms with Gasteiger partial charge in [0.25, 0.3) is 0 Å². The quantitative estimate of drug-likeness (QED) is 0.807. The second kappa shape index (κ2) is 7.07. The highest BCUT2D eigenvalue weighted by molar-refractivity contribution is 6.30. The molecule has 0 spiro atoms. The molecule has 1 unspecified atom stereocenters. The topological polar surface area (TPSA) is 69.6 Å². The van der Waals surface area contributed by atoms with E-state index in [1.807, 2.05) is 0 Å². The van der Waals surface area contributed by atoms with Gasteiger partial charge in [-0.3, -0.25) is 14.5 Å². The Balaban J connectivity index is 1.89. The van der Waals surface area contributed by atoms with Crippen molar-refractivity contribution in [3.8, 4) is 0 Å². The van der Waals surface area contributed by atoms with Crippen molar-refractivity contribution in [1.29, 1.82) is 0 Å². The Morgan fingerprint density at radius 2 is 2.18 bits per heavy atom. The molecule has 1 aliphatic rings. The van der Waals surface area contributed by atoms with E-state index in [2.05, 4.69) is 5.32 Å². The first-order valence-electron chi connectivity index (χ1n) is 7.12. The molecule has 0 radical (unpaired) electrons. The van der Waals surface area contributed by atoms with E-state index in [0.29, 0.717) is 6.54 Å². The van der Waals surface area contributed by atoms with Crippen molar-refractivity contribution in [2.45, 2.75) is 38.3 Å². The number of anilines is 1. The molecule has 1 aromatic rings. The van der Waals surface area contributed by atoms with Crippen LogP contribution < -0.4 is 5.32 Å². The third-order valence-electron chi connectivity index (χ3n) is 3.67. The summed E-state index contributed by atoms with van der Waals surface area (Å²) in [6, 6.07) is 3.61. The van der Waals surface area contributed by atoms with Crippen molar-refractivity contribution in [3.63, 3.8) is 0 Å². The number of hydrogen-bond acceptors (Lipinski definition) is 3. The Morgan fingerprint density at radius 3 is 2.73 bits per heavy atom. The number of rotatable bonds is 7. The minimum atomic E-state index is -0.906. The SMILES string of the molecule is CC(C(=O)O)N(CCC(=O)Nc1ccc(Cl)cc1F)C1CC1. The maximum atomic E-state index is 13.6. The van der Waals surface area contributed by atoms with Crippen LogP contribution in [0.25, 0.3) is 0 Å². The maximum absolute atomic E-state index is 13.6. The number of carbonyl (C=O) groups excluding carboxylic acids is 1. The Kier molecular flexibility index (Phi) is 5.37. The highest BCUT2D eigenvalue weighted by Gasteiger charge is 2.34. The average molecular weight is 329 g/mol. The third kappa shape index (κ3) is 4.42. The number of amides is 1. The van der Waals surface area contributed by atoms with Crippen LogP contribution in [0.15, 0.2) is 18.2 Å². The number of aliphatic carboxylic acids is 1. The lowest BCUT2D eigenvalue weighted by Crippen LogP contribution is -2.42. The fraction of sp³-hybridized carbons (Fsp3) is 0.467. The van der Waals surface area contributed by atoms with Gasteiger partial charge in [0, 0.05) is 24.0 Å². The van der Waals surface area contributed by atoms with Gasteiger partial charge in [-0.1, -0.05) is 11.6 Å². The second-order valence-electron chi connectivity index (χ2n) is 5.41. The van der Waals surface area contributed by atoms with Gasteiger partial charge in [0.05, 0.1) is 5.69 Å². The smallest absolute Gasteiger partial charge is 0.320 e. The van der Waals surface area contributed by atoms with Gasteiger partial charge < -0.3 is 10.4 Å². The van der Waals surface area contributed by atoms with Gasteiger partial charge in [-0.15, -0.1) is 0 Å². The number of halogens is 2. The predicted molar refractivity (Wildman–Crippen MR) is 81.5 cm³/mol. The van der Waals surface area contributed by atoms with Crippen LogP contribution in [0.3, 0.4) is 0 Å². The van der Waals surface area contributed by atoms with Crippen LogP contribution in [0.1, 0.15) is 26.2 Å². The minimum absolute atomic E-state index is 0.0682. The van der Waals surface area contributed by atoms with Gasteiger partial charge >= 0.3 is 5.97 Å². The summed E-state index contributed by atoms with van der Waals surface area (Å²) in [5.41, 5.74) is 0.0682. The van der Waals surface area contributed by atoms with E-state index < -0.39 is 17.8 Å². The Bertz CT molecular complexity index is 578. The largest absolute Gasteiger partial charge is 0.480 e. The van der Waals surface area contributed by atoms with Crippen molar-refractivity contribution < 1.29 is 19.1 Å². The maximum Gasteiger partial charge on any atom is 0.320 e. The fourth-order valence-electron chi connectivity index (χ4n) is 2.27. The van der Waals surface area contributed by atoms with Crippen LogP contribution in [0.2, 0.25) is 5.02 Å². The molecular formula is C15H18ClFN2O3. The van der Waals surface area contributed by atoms with E-state index >= 15 is 0 Å². The van der Waals surface area contributed by atoms with Gasteiger partial charge in [0.15, 0.2) is 0 Å². The molecule has 1 atom stereocenters. The summed E-state index contributed by atoms with van der Waals surface area (Å²) < 4.78 is 13.6. The van der Waals surface area contributed by atoms with Crippen molar-refractivity contribution in [2.75, 3.05) is 11.9 Å². The number of carboxylic acids is 1. The monoisotopic (exact) mass is 328 g/mol. The molecule has 1 amide bonds. The first-order chi connectivity index (χ1) is 10.4. The van der Waals surface area contributed by atoms with Crippen molar-refractivity contribution in [3.05, 3.63) is 29.0 Å². The standard InChI is InChI=1S/C15H18ClFN2O3/c1-9(15(21)22)19(11-3-4-11)7-6-14(20)18-13-5-2-10(16)8-12(13)17/h2,5,8-9,11H,3-4,6-7H2,1H3,(H,18,20)(H,21,22). The number of benzene rings is 1. The molecule has 120 valence electrons. The molecule has 0 aromatic heterocycles. The van der Waals surface area contributed by atoms with E-state index in [-0.39, 0.29) is 29.1 Å². The molecule has 1 fully saturated rings. The molecule has 0 heterocycles. The zero-order valence-corrected chi connectivity index (χ0v) is 12.9. The summed E-state index contributed by atoms with van der Waals surface area (Å²) in [7, 11) is 0. The summed E-state index contributed by atoms with van der Waals surface area (Å²) >= 11 is 5.65. The lowest BCUT2D eigenvalue weighted by Gasteiger charge is -2.25. The van der Waals surface area contributed by atoms with E-state index in [9.17, 15) is 14.0 Å². The average Bonchev–Trinajstić information content (AvgIpc) is 3.26. The van der Waals surface area contributed by atoms with Crippen LogP contribution in [0.4, 0.5) is 10.1 Å². The van der Waals surface area contributed by atoms with Crippen molar-refractivity contribution in [2.24, 2.45) is 0 Å². The van der Waals surface area contributed by atoms with Gasteiger partial charge in [-0.05, 0) is 38.0 Å². The molecule has 22 heavy (non-hydrogen) atoms. The molecule has 7 heteroatoms. The summed E-state index contributed by atoms with van der Waals surface area (Å²) in [5, 5.41) is 11.8. The first kappa shape index (κ1) is 16.7. The molecule has 1 aliphatic carbocycles. The summed E-state index contributed by atoms with van der Waals surface area (Å²) in [6.45, 7) is 1.94. The van der Waals surface area contributed by atoms with Gasteiger partial charge in [-0.2, -0.15) is 0 Å². The summed E-state index contributed by atoms with van der Waals surface area (Å²) in [5.74, 6) is -1.86. The molecule has 5 nitrogen and oxygen atoms in total.